The van der Waals surface area contributed by atoms with Gasteiger partial charge in [-0.25, -0.2) is 4.39 Å². The smallest absolute Gasteiger partial charge is 0.260 e. The van der Waals surface area contributed by atoms with Gasteiger partial charge in [0.15, 0.2) is 6.61 Å². The summed E-state index contributed by atoms with van der Waals surface area (Å²) in [5.74, 6) is 1.70. The molecule has 1 saturated carbocycles. The molecule has 2 aliphatic rings. The first-order valence-electron chi connectivity index (χ1n) is 7.76. The number of hydrogen-bond donors (Lipinski definition) is 0. The second kappa shape index (κ2) is 5.64. The van der Waals surface area contributed by atoms with E-state index >= 15 is 0 Å². The lowest BCUT2D eigenvalue weighted by atomic mass is 10.1. The highest BCUT2D eigenvalue weighted by atomic mass is 19.1. The second-order valence-corrected chi connectivity index (χ2v) is 6.07. The van der Waals surface area contributed by atoms with Crippen molar-refractivity contribution in [3.63, 3.8) is 0 Å². The quantitative estimate of drug-likeness (QED) is 0.843. The Balaban J connectivity index is 1.28. The Labute approximate surface area is 132 Å². The zero-order valence-corrected chi connectivity index (χ0v) is 12.6. The summed E-state index contributed by atoms with van der Waals surface area (Å²) < 4.78 is 20.3. The second-order valence-electron chi connectivity index (χ2n) is 6.07. The molecule has 0 N–H and O–H groups in total. The van der Waals surface area contributed by atoms with Gasteiger partial charge in [0.25, 0.3) is 5.91 Å². The fraction of sp³-hybridized carbons (Fsp3) is 0.438. The number of aromatic nitrogens is 3. The van der Waals surface area contributed by atoms with Crippen molar-refractivity contribution in [2.75, 3.05) is 19.7 Å². The highest BCUT2D eigenvalue weighted by Crippen LogP contribution is 2.40. The molecule has 1 amide bonds. The molecule has 0 unspecified atom stereocenters. The van der Waals surface area contributed by atoms with Crippen molar-refractivity contribution in [2.45, 2.75) is 24.8 Å². The largest absolute Gasteiger partial charge is 0.484 e. The average Bonchev–Trinajstić information content (AvgIpc) is 3.24. The Morgan fingerprint density at radius 3 is 2.70 bits per heavy atom. The predicted molar refractivity (Wildman–Crippen MR) is 79.5 cm³/mol. The van der Waals surface area contributed by atoms with Crippen LogP contribution >= 0.6 is 0 Å². The molecule has 1 saturated heterocycles. The van der Waals surface area contributed by atoms with Gasteiger partial charge in [0.05, 0.1) is 6.04 Å². The first-order chi connectivity index (χ1) is 11.2. The molecule has 4 rings (SSSR count). The number of benzene rings is 1. The molecule has 2 aromatic rings. The zero-order valence-electron chi connectivity index (χ0n) is 12.6. The Hall–Kier alpha value is -2.44. The van der Waals surface area contributed by atoms with Crippen LogP contribution in [-0.2, 0) is 4.79 Å². The van der Waals surface area contributed by atoms with Gasteiger partial charge in [-0.1, -0.05) is 0 Å². The highest BCUT2D eigenvalue weighted by molar-refractivity contribution is 5.78. The maximum atomic E-state index is 12.8. The van der Waals surface area contributed by atoms with Crippen LogP contribution in [-0.4, -0.2) is 45.3 Å². The number of carbonyl (C=O) groups is 1. The van der Waals surface area contributed by atoms with Crippen LogP contribution < -0.4 is 4.74 Å². The Bertz CT molecular complexity index is 705. The molecule has 1 aromatic carbocycles. The van der Waals surface area contributed by atoms with Crippen LogP contribution in [0.4, 0.5) is 4.39 Å². The first-order valence-corrected chi connectivity index (χ1v) is 7.76. The number of ether oxygens (including phenoxy) is 1. The number of amides is 1. The molecule has 2 fully saturated rings. The molecule has 6 nitrogen and oxygen atoms in total. The van der Waals surface area contributed by atoms with Gasteiger partial charge >= 0.3 is 0 Å². The molecule has 0 radical (unpaired) electrons. The summed E-state index contributed by atoms with van der Waals surface area (Å²) in [5, 5.41) is 8.18. The van der Waals surface area contributed by atoms with Crippen molar-refractivity contribution in [1.82, 2.24) is 19.7 Å². The van der Waals surface area contributed by atoms with Crippen LogP contribution in [0.1, 0.15) is 30.6 Å². The van der Waals surface area contributed by atoms with Crippen LogP contribution in [0.3, 0.4) is 0 Å². The van der Waals surface area contributed by atoms with Gasteiger partial charge in [-0.15, -0.1) is 10.2 Å². The van der Waals surface area contributed by atoms with Crippen LogP contribution in [0, 0.1) is 5.82 Å². The van der Waals surface area contributed by atoms with E-state index in [0.717, 1.165) is 5.82 Å². The summed E-state index contributed by atoms with van der Waals surface area (Å²) >= 11 is 0. The average molecular weight is 316 g/mol. The molecule has 0 atom stereocenters. The molecule has 1 aliphatic heterocycles. The SMILES string of the molecule is O=C(COc1ccc(F)cc1)N1CC(n2cnnc2C2CC2)C1. The number of halogens is 1. The molecular formula is C16H17FN4O2. The van der Waals surface area contributed by atoms with Crippen molar-refractivity contribution in [3.05, 3.63) is 42.2 Å². The standard InChI is InChI=1S/C16H17FN4O2/c17-12-3-5-14(6-4-12)23-9-15(22)20-7-13(8-20)21-10-18-19-16(21)11-1-2-11/h3-6,10-11,13H,1-2,7-9H2. The molecule has 7 heteroatoms. The van der Waals surface area contributed by atoms with Crippen molar-refractivity contribution in [3.8, 4) is 5.75 Å². The number of carbonyl (C=O) groups excluding carboxylic acids is 1. The lowest BCUT2D eigenvalue weighted by Gasteiger charge is -2.40. The molecule has 1 aromatic heterocycles. The minimum Gasteiger partial charge on any atom is -0.484 e. The lowest BCUT2D eigenvalue weighted by Crippen LogP contribution is -2.52. The number of nitrogens with zero attached hydrogens (tertiary/aromatic N) is 4. The first kappa shape index (κ1) is 14.2. The Morgan fingerprint density at radius 1 is 1.26 bits per heavy atom. The highest BCUT2D eigenvalue weighted by Gasteiger charge is 2.36. The third kappa shape index (κ3) is 2.91. The topological polar surface area (TPSA) is 60.2 Å². The summed E-state index contributed by atoms with van der Waals surface area (Å²) in [6.45, 7) is 1.28. The van der Waals surface area contributed by atoms with E-state index in [0.29, 0.717) is 24.8 Å². The maximum absolute atomic E-state index is 12.8. The zero-order chi connectivity index (χ0) is 15.8. The van der Waals surface area contributed by atoms with E-state index < -0.39 is 0 Å². The summed E-state index contributed by atoms with van der Waals surface area (Å²) in [4.78, 5) is 13.9. The van der Waals surface area contributed by atoms with Crippen molar-refractivity contribution in [2.24, 2.45) is 0 Å². The van der Waals surface area contributed by atoms with E-state index in [2.05, 4.69) is 14.8 Å². The third-order valence-electron chi connectivity index (χ3n) is 4.33. The van der Waals surface area contributed by atoms with E-state index in [1.54, 1.807) is 11.2 Å². The maximum Gasteiger partial charge on any atom is 0.260 e. The van der Waals surface area contributed by atoms with Gasteiger partial charge in [0.1, 0.15) is 23.7 Å². The normalized spacial score (nSPS) is 17.9. The van der Waals surface area contributed by atoms with Gasteiger partial charge < -0.3 is 14.2 Å². The van der Waals surface area contributed by atoms with Crippen molar-refractivity contribution in [1.29, 1.82) is 0 Å². The van der Waals surface area contributed by atoms with E-state index in [-0.39, 0.29) is 24.4 Å². The fourth-order valence-corrected chi connectivity index (χ4v) is 2.77. The van der Waals surface area contributed by atoms with Gasteiger partial charge in [-0.05, 0) is 37.1 Å². The molecule has 0 bridgehead atoms. The fourth-order valence-electron chi connectivity index (χ4n) is 2.77. The van der Waals surface area contributed by atoms with Gasteiger partial charge in [-0.3, -0.25) is 4.79 Å². The summed E-state index contributed by atoms with van der Waals surface area (Å²) in [6.07, 6.45) is 4.12. The van der Waals surface area contributed by atoms with Gasteiger partial charge in [0.2, 0.25) is 0 Å². The van der Waals surface area contributed by atoms with Gasteiger partial charge in [0, 0.05) is 19.0 Å². The van der Waals surface area contributed by atoms with Gasteiger partial charge in [-0.2, -0.15) is 0 Å². The van der Waals surface area contributed by atoms with Crippen molar-refractivity contribution < 1.29 is 13.9 Å². The molecule has 2 heterocycles. The summed E-state index contributed by atoms with van der Waals surface area (Å²) in [7, 11) is 0. The van der Waals surface area contributed by atoms with Crippen LogP contribution in [0.2, 0.25) is 0 Å². The van der Waals surface area contributed by atoms with Crippen LogP contribution in [0.5, 0.6) is 5.75 Å². The Kier molecular flexibility index (Phi) is 3.48. The minimum atomic E-state index is -0.324. The number of rotatable bonds is 5. The van der Waals surface area contributed by atoms with Crippen molar-refractivity contribution >= 4 is 5.91 Å². The minimum absolute atomic E-state index is 0.0317. The van der Waals surface area contributed by atoms with E-state index in [1.165, 1.54) is 37.1 Å². The lowest BCUT2D eigenvalue weighted by molar-refractivity contribution is -0.139. The summed E-state index contributed by atoms with van der Waals surface area (Å²) in [6, 6.07) is 5.91. The number of likely N-dealkylation sites (tertiary alicyclic amines) is 1. The monoisotopic (exact) mass is 316 g/mol. The predicted octanol–water partition coefficient (Wildman–Crippen LogP) is 1.76. The molecule has 1 aliphatic carbocycles. The number of hydrogen-bond acceptors (Lipinski definition) is 4. The van der Waals surface area contributed by atoms with Crippen LogP contribution in [0.25, 0.3) is 0 Å². The molecule has 120 valence electrons. The molecule has 23 heavy (non-hydrogen) atoms. The molecular weight excluding hydrogens is 299 g/mol. The Morgan fingerprint density at radius 2 is 2.00 bits per heavy atom. The molecule has 0 spiro atoms. The van der Waals surface area contributed by atoms with E-state index in [1.807, 2.05) is 0 Å². The summed E-state index contributed by atoms with van der Waals surface area (Å²) in [5.41, 5.74) is 0. The van der Waals surface area contributed by atoms with E-state index in [9.17, 15) is 9.18 Å². The van der Waals surface area contributed by atoms with E-state index in [4.69, 9.17) is 4.74 Å². The third-order valence-corrected chi connectivity index (χ3v) is 4.33. The van der Waals surface area contributed by atoms with Crippen LogP contribution in [0.15, 0.2) is 30.6 Å².